The fraction of sp³-hybridized carbons (Fsp3) is 0. The molecule has 0 aliphatic rings. The van der Waals surface area contributed by atoms with Gasteiger partial charge in [-0.2, -0.15) is 0 Å². The van der Waals surface area contributed by atoms with Crippen molar-refractivity contribution in [3.05, 3.63) is 182 Å². The van der Waals surface area contributed by atoms with E-state index in [1.165, 1.54) is 16.3 Å². The third kappa shape index (κ3) is 5.13. The first-order valence-corrected chi connectivity index (χ1v) is 17.1. The number of oxazole rings is 1. The van der Waals surface area contributed by atoms with Crippen LogP contribution in [0.3, 0.4) is 0 Å². The molecule has 0 aliphatic carbocycles. The second kappa shape index (κ2) is 11.9. The summed E-state index contributed by atoms with van der Waals surface area (Å²) in [4.78, 5) is 7.17. The highest BCUT2D eigenvalue weighted by molar-refractivity contribution is 6.06. The van der Waals surface area contributed by atoms with E-state index < -0.39 is 0 Å². The van der Waals surface area contributed by atoms with Crippen LogP contribution < -0.4 is 4.90 Å². The Morgan fingerprint density at radius 2 is 1.06 bits per heavy atom. The molecule has 0 spiro atoms. The van der Waals surface area contributed by atoms with Gasteiger partial charge in [-0.25, -0.2) is 4.98 Å². The normalized spacial score (nSPS) is 11.5. The Morgan fingerprint density at radius 3 is 1.94 bits per heavy atom. The fourth-order valence-electron chi connectivity index (χ4n) is 7.19. The molecule has 4 nitrogen and oxygen atoms in total. The molecule has 0 aliphatic heterocycles. The van der Waals surface area contributed by atoms with Crippen LogP contribution in [0.4, 0.5) is 17.1 Å². The van der Waals surface area contributed by atoms with Crippen molar-refractivity contribution >= 4 is 60.9 Å². The molecule has 0 fully saturated rings. The van der Waals surface area contributed by atoms with Gasteiger partial charge in [-0.3, -0.25) is 0 Å². The Bertz CT molecular complexity index is 2880. The van der Waals surface area contributed by atoms with Crippen LogP contribution in [0.15, 0.2) is 191 Å². The van der Waals surface area contributed by atoms with E-state index in [1.807, 2.05) is 54.6 Å². The minimum Gasteiger partial charge on any atom is -0.456 e. The van der Waals surface area contributed by atoms with Crippen LogP contribution >= 0.6 is 0 Å². The van der Waals surface area contributed by atoms with Crippen molar-refractivity contribution in [2.75, 3.05) is 4.90 Å². The van der Waals surface area contributed by atoms with E-state index in [9.17, 15) is 0 Å². The molecule has 8 aromatic carbocycles. The lowest BCUT2D eigenvalue weighted by Gasteiger charge is -2.26. The summed E-state index contributed by atoms with van der Waals surface area (Å²) in [6.07, 6.45) is 0. The first kappa shape index (κ1) is 29.0. The van der Waals surface area contributed by atoms with Gasteiger partial charge in [0.15, 0.2) is 5.58 Å². The quantitative estimate of drug-likeness (QED) is 0.179. The molecule has 2 heterocycles. The third-order valence-electron chi connectivity index (χ3n) is 9.66. The number of anilines is 3. The molecule has 0 N–H and O–H groups in total. The number of hydrogen-bond acceptors (Lipinski definition) is 4. The Hall–Kier alpha value is -6.91. The molecule has 0 amide bonds. The predicted octanol–water partition coefficient (Wildman–Crippen LogP) is 13.4. The number of fused-ring (bicyclic) bond motifs is 5. The average Bonchev–Trinajstić information content (AvgIpc) is 3.80. The molecule has 0 unspecified atom stereocenters. The minimum absolute atomic E-state index is 0.613. The molecule has 4 heteroatoms. The summed E-state index contributed by atoms with van der Waals surface area (Å²) in [6.45, 7) is 0. The van der Waals surface area contributed by atoms with Crippen molar-refractivity contribution in [3.8, 4) is 33.7 Å². The number of nitrogens with zero attached hydrogens (tertiary/aromatic N) is 2. The van der Waals surface area contributed by atoms with E-state index in [0.717, 1.165) is 72.4 Å². The highest BCUT2D eigenvalue weighted by Crippen LogP contribution is 2.42. The number of aromatic nitrogens is 1. The average molecular weight is 655 g/mol. The molecule has 10 aromatic rings. The van der Waals surface area contributed by atoms with Gasteiger partial charge in [-0.1, -0.05) is 109 Å². The van der Waals surface area contributed by atoms with E-state index in [-0.39, 0.29) is 0 Å². The molecular formula is C47H30N2O2. The first-order valence-electron chi connectivity index (χ1n) is 17.1. The molecule has 0 radical (unpaired) electrons. The van der Waals surface area contributed by atoms with Gasteiger partial charge in [0.05, 0.1) is 0 Å². The van der Waals surface area contributed by atoms with Gasteiger partial charge in [0, 0.05) is 39.0 Å². The number of hydrogen-bond donors (Lipinski definition) is 0. The first-order chi connectivity index (χ1) is 25.2. The van der Waals surface area contributed by atoms with Crippen molar-refractivity contribution < 1.29 is 8.83 Å². The van der Waals surface area contributed by atoms with Gasteiger partial charge in [0.1, 0.15) is 16.7 Å². The Labute approximate surface area is 294 Å². The van der Waals surface area contributed by atoms with E-state index in [4.69, 9.17) is 13.8 Å². The van der Waals surface area contributed by atoms with Crippen LogP contribution in [-0.4, -0.2) is 4.98 Å². The molecule has 51 heavy (non-hydrogen) atoms. The summed E-state index contributed by atoms with van der Waals surface area (Å²) in [5.74, 6) is 0.613. The Balaban J connectivity index is 1.14. The van der Waals surface area contributed by atoms with Crippen LogP contribution in [-0.2, 0) is 0 Å². The highest BCUT2D eigenvalue weighted by Gasteiger charge is 2.19. The second-order valence-electron chi connectivity index (χ2n) is 12.8. The van der Waals surface area contributed by atoms with Crippen molar-refractivity contribution in [2.45, 2.75) is 0 Å². The summed E-state index contributed by atoms with van der Waals surface area (Å²) < 4.78 is 12.7. The van der Waals surface area contributed by atoms with Gasteiger partial charge in [0.25, 0.3) is 0 Å². The second-order valence-corrected chi connectivity index (χ2v) is 12.8. The molecule has 10 rings (SSSR count). The summed E-state index contributed by atoms with van der Waals surface area (Å²) in [6, 6.07) is 63.5. The van der Waals surface area contributed by atoms with Crippen molar-refractivity contribution in [1.29, 1.82) is 0 Å². The fourth-order valence-corrected chi connectivity index (χ4v) is 7.19. The molecular weight excluding hydrogens is 625 g/mol. The molecule has 0 atom stereocenters. The lowest BCUT2D eigenvalue weighted by atomic mass is 10.00. The molecule has 0 bridgehead atoms. The van der Waals surface area contributed by atoms with Gasteiger partial charge in [-0.15, -0.1) is 0 Å². The maximum Gasteiger partial charge on any atom is 0.227 e. The highest BCUT2D eigenvalue weighted by atomic mass is 16.3. The van der Waals surface area contributed by atoms with Gasteiger partial charge in [-0.05, 0) is 100 Å². The van der Waals surface area contributed by atoms with E-state index in [0.29, 0.717) is 5.89 Å². The standard InChI is InChI=1S/C47H30N2O2/c1-2-12-32(13-3-1)47-48-43-21-10-20-40(46(43)51-47)36-16-9-18-38(29-36)49(39-25-26-45-42(30-39)41-19-6-7-22-44(41)50-45)37-17-8-15-34(28-37)35-24-23-31-11-4-5-14-33(31)27-35/h1-30H. The lowest BCUT2D eigenvalue weighted by molar-refractivity contribution is 0.621. The van der Waals surface area contributed by atoms with Crippen molar-refractivity contribution in [1.82, 2.24) is 4.98 Å². The van der Waals surface area contributed by atoms with Crippen LogP contribution in [0, 0.1) is 0 Å². The Kier molecular flexibility index (Phi) is 6.78. The van der Waals surface area contributed by atoms with Crippen molar-refractivity contribution in [3.63, 3.8) is 0 Å². The zero-order valence-corrected chi connectivity index (χ0v) is 27.5. The number of rotatable bonds is 6. The topological polar surface area (TPSA) is 42.4 Å². The monoisotopic (exact) mass is 654 g/mol. The zero-order valence-electron chi connectivity index (χ0n) is 27.5. The summed E-state index contributed by atoms with van der Waals surface area (Å²) in [5, 5.41) is 4.63. The van der Waals surface area contributed by atoms with Gasteiger partial charge >= 0.3 is 0 Å². The summed E-state index contributed by atoms with van der Waals surface area (Å²) in [5.41, 5.74) is 11.8. The third-order valence-corrected chi connectivity index (χ3v) is 9.66. The van der Waals surface area contributed by atoms with E-state index in [1.54, 1.807) is 0 Å². The van der Waals surface area contributed by atoms with Crippen LogP contribution in [0.25, 0.3) is 77.5 Å². The molecule has 240 valence electrons. The molecule has 2 aromatic heterocycles. The van der Waals surface area contributed by atoms with Crippen LogP contribution in [0.1, 0.15) is 0 Å². The van der Waals surface area contributed by atoms with E-state index in [2.05, 4.69) is 132 Å². The number of benzene rings is 8. The Morgan fingerprint density at radius 1 is 0.392 bits per heavy atom. The lowest BCUT2D eigenvalue weighted by Crippen LogP contribution is -2.10. The maximum atomic E-state index is 6.45. The zero-order chi connectivity index (χ0) is 33.7. The number of para-hydroxylation sites is 2. The largest absolute Gasteiger partial charge is 0.456 e. The van der Waals surface area contributed by atoms with Crippen LogP contribution in [0.2, 0.25) is 0 Å². The molecule has 0 saturated carbocycles. The summed E-state index contributed by atoms with van der Waals surface area (Å²) >= 11 is 0. The summed E-state index contributed by atoms with van der Waals surface area (Å²) in [7, 11) is 0. The molecule has 0 saturated heterocycles. The maximum absolute atomic E-state index is 6.45. The van der Waals surface area contributed by atoms with Crippen molar-refractivity contribution in [2.24, 2.45) is 0 Å². The predicted molar refractivity (Wildman–Crippen MR) is 210 cm³/mol. The smallest absolute Gasteiger partial charge is 0.227 e. The van der Waals surface area contributed by atoms with Gasteiger partial charge < -0.3 is 13.7 Å². The van der Waals surface area contributed by atoms with Gasteiger partial charge in [0.2, 0.25) is 5.89 Å². The minimum atomic E-state index is 0.613. The SMILES string of the molecule is c1ccc(-c2nc3cccc(-c4cccc(N(c5cccc(-c6ccc7ccccc7c6)c5)c5ccc6oc7ccccc7c6c5)c4)c3o2)cc1. The van der Waals surface area contributed by atoms with Crippen LogP contribution in [0.5, 0.6) is 0 Å². The van der Waals surface area contributed by atoms with E-state index >= 15 is 0 Å². The number of furan rings is 1.